The van der Waals surface area contributed by atoms with Crippen LogP contribution in [-0.2, 0) is 0 Å². The molecule has 0 spiro atoms. The molecule has 1 aromatic carbocycles. The van der Waals surface area contributed by atoms with E-state index >= 15 is 0 Å². The van der Waals surface area contributed by atoms with Gasteiger partial charge in [0.2, 0.25) is 0 Å². The molecule has 3 aliphatic rings. The molecular weight excluding hydrogens is 314 g/mol. The molecule has 0 bridgehead atoms. The maximum atomic E-state index is 13.2. The van der Waals surface area contributed by atoms with E-state index in [2.05, 4.69) is 18.0 Å². The zero-order valence-corrected chi connectivity index (χ0v) is 14.8. The fourth-order valence-electron chi connectivity index (χ4n) is 4.47. The van der Waals surface area contributed by atoms with Crippen molar-refractivity contribution in [3.05, 3.63) is 29.3 Å². The number of nitrogens with zero attached hydrogens (tertiary/aromatic N) is 3. The van der Waals surface area contributed by atoms with Crippen LogP contribution in [0, 0.1) is 11.3 Å². The molecule has 2 fully saturated rings. The van der Waals surface area contributed by atoms with E-state index in [9.17, 15) is 10.1 Å². The lowest BCUT2D eigenvalue weighted by atomic mass is 10.0. The molecule has 5 nitrogen and oxygen atoms in total. The fourth-order valence-corrected chi connectivity index (χ4v) is 4.47. The number of amides is 1. The van der Waals surface area contributed by atoms with Crippen LogP contribution in [0.25, 0.3) is 0 Å². The SMILES string of the molecule is CN1CCC(Oc2cccc3c2C(=O)N(C2CCCC2)C3C#N)CC1. The van der Waals surface area contributed by atoms with Gasteiger partial charge in [0.15, 0.2) is 0 Å². The summed E-state index contributed by atoms with van der Waals surface area (Å²) in [6.45, 7) is 2.03. The summed E-state index contributed by atoms with van der Waals surface area (Å²) in [6, 6.07) is 7.81. The van der Waals surface area contributed by atoms with Crippen LogP contribution in [0.2, 0.25) is 0 Å². The molecule has 1 aliphatic carbocycles. The topological polar surface area (TPSA) is 56.6 Å². The number of ether oxygens (including phenoxy) is 1. The van der Waals surface area contributed by atoms with Crippen molar-refractivity contribution >= 4 is 5.91 Å². The van der Waals surface area contributed by atoms with E-state index in [1.54, 1.807) is 0 Å². The molecule has 1 amide bonds. The van der Waals surface area contributed by atoms with Crippen molar-refractivity contribution in [1.29, 1.82) is 5.26 Å². The minimum absolute atomic E-state index is 0.0167. The number of hydrogen-bond donors (Lipinski definition) is 0. The normalized spacial score (nSPS) is 25.2. The Balaban J connectivity index is 1.62. The second kappa shape index (κ2) is 6.68. The largest absolute Gasteiger partial charge is 0.489 e. The Morgan fingerprint density at radius 1 is 1.16 bits per heavy atom. The average Bonchev–Trinajstić information content (AvgIpc) is 3.23. The number of likely N-dealkylation sites (tertiary alicyclic amines) is 1. The van der Waals surface area contributed by atoms with Gasteiger partial charge < -0.3 is 14.5 Å². The summed E-state index contributed by atoms with van der Waals surface area (Å²) in [5.41, 5.74) is 1.45. The molecule has 5 heteroatoms. The zero-order chi connectivity index (χ0) is 17.4. The van der Waals surface area contributed by atoms with Gasteiger partial charge >= 0.3 is 0 Å². The van der Waals surface area contributed by atoms with Gasteiger partial charge in [-0.05, 0) is 38.8 Å². The zero-order valence-electron chi connectivity index (χ0n) is 14.8. The summed E-state index contributed by atoms with van der Waals surface area (Å²) in [7, 11) is 2.12. The molecule has 0 aromatic heterocycles. The first-order valence-corrected chi connectivity index (χ1v) is 9.39. The lowest BCUT2D eigenvalue weighted by Crippen LogP contribution is -2.37. The highest BCUT2D eigenvalue weighted by molar-refractivity contribution is 6.02. The van der Waals surface area contributed by atoms with Gasteiger partial charge in [0.05, 0.1) is 11.6 Å². The lowest BCUT2D eigenvalue weighted by Gasteiger charge is -2.29. The first-order chi connectivity index (χ1) is 12.2. The summed E-state index contributed by atoms with van der Waals surface area (Å²) < 4.78 is 6.24. The molecule has 1 saturated heterocycles. The molecular formula is C20H25N3O2. The highest BCUT2D eigenvalue weighted by Crippen LogP contribution is 2.42. The minimum Gasteiger partial charge on any atom is -0.489 e. The molecule has 1 saturated carbocycles. The first-order valence-electron chi connectivity index (χ1n) is 9.39. The highest BCUT2D eigenvalue weighted by atomic mass is 16.5. The number of rotatable bonds is 3. The van der Waals surface area contributed by atoms with Crippen LogP contribution in [0.4, 0.5) is 0 Å². The highest BCUT2D eigenvalue weighted by Gasteiger charge is 2.43. The number of piperidine rings is 1. The fraction of sp³-hybridized carbons (Fsp3) is 0.600. The van der Waals surface area contributed by atoms with Gasteiger partial charge in [-0.15, -0.1) is 0 Å². The third kappa shape index (κ3) is 2.89. The van der Waals surface area contributed by atoms with E-state index in [1.165, 1.54) is 0 Å². The van der Waals surface area contributed by atoms with Crippen molar-refractivity contribution in [1.82, 2.24) is 9.80 Å². The molecule has 0 N–H and O–H groups in total. The molecule has 132 valence electrons. The van der Waals surface area contributed by atoms with Crippen LogP contribution >= 0.6 is 0 Å². The van der Waals surface area contributed by atoms with E-state index in [1.807, 2.05) is 23.1 Å². The van der Waals surface area contributed by atoms with Crippen LogP contribution in [0.3, 0.4) is 0 Å². The van der Waals surface area contributed by atoms with Crippen LogP contribution in [0.15, 0.2) is 18.2 Å². The van der Waals surface area contributed by atoms with E-state index in [0.717, 1.165) is 57.2 Å². The second-order valence-corrected chi connectivity index (χ2v) is 7.52. The van der Waals surface area contributed by atoms with Gasteiger partial charge in [0.1, 0.15) is 17.9 Å². The summed E-state index contributed by atoms with van der Waals surface area (Å²) >= 11 is 0. The molecule has 1 unspecified atom stereocenters. The van der Waals surface area contributed by atoms with E-state index in [0.29, 0.717) is 11.3 Å². The van der Waals surface area contributed by atoms with Gasteiger partial charge in [0, 0.05) is 24.7 Å². The number of hydrogen-bond acceptors (Lipinski definition) is 4. The Bertz CT molecular complexity index is 697. The monoisotopic (exact) mass is 339 g/mol. The summed E-state index contributed by atoms with van der Waals surface area (Å²) in [5, 5.41) is 9.71. The average molecular weight is 339 g/mol. The van der Waals surface area contributed by atoms with Crippen molar-refractivity contribution < 1.29 is 9.53 Å². The Morgan fingerprint density at radius 3 is 2.56 bits per heavy atom. The number of benzene rings is 1. The number of fused-ring (bicyclic) bond motifs is 1. The Morgan fingerprint density at radius 2 is 1.88 bits per heavy atom. The van der Waals surface area contributed by atoms with Crippen molar-refractivity contribution in [3.8, 4) is 11.8 Å². The van der Waals surface area contributed by atoms with Gasteiger partial charge in [-0.3, -0.25) is 4.79 Å². The minimum atomic E-state index is -0.466. The smallest absolute Gasteiger partial charge is 0.259 e. The second-order valence-electron chi connectivity index (χ2n) is 7.52. The van der Waals surface area contributed by atoms with Crippen LogP contribution in [0.5, 0.6) is 5.75 Å². The van der Waals surface area contributed by atoms with Gasteiger partial charge in [-0.2, -0.15) is 5.26 Å². The molecule has 2 aliphatic heterocycles. The Kier molecular flexibility index (Phi) is 4.39. The number of carbonyl (C=O) groups is 1. The summed E-state index contributed by atoms with van der Waals surface area (Å²) in [4.78, 5) is 17.3. The predicted molar refractivity (Wildman–Crippen MR) is 94.4 cm³/mol. The van der Waals surface area contributed by atoms with Gasteiger partial charge in [0.25, 0.3) is 5.91 Å². The van der Waals surface area contributed by atoms with Crippen molar-refractivity contribution in [2.24, 2.45) is 0 Å². The lowest BCUT2D eigenvalue weighted by molar-refractivity contribution is 0.0668. The maximum Gasteiger partial charge on any atom is 0.259 e. The molecule has 25 heavy (non-hydrogen) atoms. The van der Waals surface area contributed by atoms with Gasteiger partial charge in [-0.25, -0.2) is 0 Å². The predicted octanol–water partition coefficient (Wildman–Crippen LogP) is 3.12. The third-order valence-corrected chi connectivity index (χ3v) is 5.88. The molecule has 0 radical (unpaired) electrons. The van der Waals surface area contributed by atoms with E-state index in [-0.39, 0.29) is 18.1 Å². The molecule has 4 rings (SSSR count). The van der Waals surface area contributed by atoms with E-state index < -0.39 is 6.04 Å². The van der Waals surface area contributed by atoms with E-state index in [4.69, 9.17) is 4.74 Å². The third-order valence-electron chi connectivity index (χ3n) is 5.88. The summed E-state index contributed by atoms with van der Waals surface area (Å²) in [6.07, 6.45) is 6.39. The molecule has 1 atom stereocenters. The first kappa shape index (κ1) is 16.4. The quantitative estimate of drug-likeness (QED) is 0.849. The molecule has 2 heterocycles. The van der Waals surface area contributed by atoms with Crippen LogP contribution in [-0.4, -0.2) is 48.0 Å². The van der Waals surface area contributed by atoms with Crippen molar-refractivity contribution in [2.75, 3.05) is 20.1 Å². The summed E-state index contributed by atoms with van der Waals surface area (Å²) in [5.74, 6) is 0.648. The molecule has 1 aromatic rings. The van der Waals surface area contributed by atoms with Crippen molar-refractivity contribution in [2.45, 2.75) is 56.7 Å². The number of nitriles is 1. The number of carbonyl (C=O) groups excluding carboxylic acids is 1. The standard InChI is InChI=1S/C20H25N3O2/c1-22-11-9-15(10-12-22)25-18-8-4-7-16-17(13-21)23(20(24)19(16)18)14-5-2-3-6-14/h4,7-8,14-15,17H,2-3,5-6,9-12H2,1H3. The van der Waals surface area contributed by atoms with Gasteiger partial charge in [-0.1, -0.05) is 25.0 Å². The Labute approximate surface area is 149 Å². The Hall–Kier alpha value is -2.06. The van der Waals surface area contributed by atoms with Crippen molar-refractivity contribution in [3.63, 3.8) is 0 Å². The van der Waals surface area contributed by atoms with Crippen LogP contribution < -0.4 is 4.74 Å². The maximum absolute atomic E-state index is 13.2. The van der Waals surface area contributed by atoms with Crippen LogP contribution in [0.1, 0.15) is 60.5 Å².